The summed E-state index contributed by atoms with van der Waals surface area (Å²) in [5, 5.41) is 8.63. The Bertz CT molecular complexity index is 567. The largest absolute Gasteiger partial charge is 0.449 e. The maximum atomic E-state index is 10.5. The van der Waals surface area contributed by atoms with Crippen LogP contribution in [0.25, 0.3) is 11.1 Å². The lowest BCUT2D eigenvalue weighted by atomic mass is 10.0. The van der Waals surface area contributed by atoms with Crippen LogP contribution in [-0.2, 0) is 17.9 Å². The van der Waals surface area contributed by atoms with E-state index in [1.54, 1.807) is 0 Å². The second kappa shape index (κ2) is 7.05. The van der Waals surface area contributed by atoms with Crippen molar-refractivity contribution in [3.05, 3.63) is 59.7 Å². The van der Waals surface area contributed by atoms with Gasteiger partial charge in [-0.1, -0.05) is 48.5 Å². The molecule has 0 fully saturated rings. The zero-order valence-corrected chi connectivity index (χ0v) is 11.4. The summed E-state index contributed by atoms with van der Waals surface area (Å²) in [6.07, 6.45) is 0. The molecule has 0 radical (unpaired) electrons. The first kappa shape index (κ1) is 14.5. The number of halogens is 1. The van der Waals surface area contributed by atoms with Gasteiger partial charge in [-0.2, -0.15) is 0 Å². The Balaban J connectivity index is 2.07. The molecule has 2 N–H and O–H groups in total. The zero-order valence-electron chi connectivity index (χ0n) is 10.7. The first-order chi connectivity index (χ1) is 9.69. The number of nitrogens with one attached hydrogen (secondary N) is 1. The molecule has 0 unspecified atom stereocenters. The van der Waals surface area contributed by atoms with Gasteiger partial charge in [0.2, 0.25) is 0 Å². The first-order valence-corrected chi connectivity index (χ1v) is 6.44. The maximum absolute atomic E-state index is 10.5. The van der Waals surface area contributed by atoms with Crippen molar-refractivity contribution in [3.63, 3.8) is 0 Å². The fourth-order valence-corrected chi connectivity index (χ4v) is 1.89. The number of hydroxylamine groups is 1. The van der Waals surface area contributed by atoms with E-state index in [0.717, 1.165) is 22.3 Å². The SMILES string of the molecule is O=C(Cl)OCc1ccc(-c2ccc(CNO)cc2)cc1. The summed E-state index contributed by atoms with van der Waals surface area (Å²) in [6, 6.07) is 15.6. The Hall–Kier alpha value is -1.88. The lowest BCUT2D eigenvalue weighted by Gasteiger charge is -2.06. The highest BCUT2D eigenvalue weighted by Gasteiger charge is 2.01. The van der Waals surface area contributed by atoms with Gasteiger partial charge in [0.1, 0.15) is 6.61 Å². The third-order valence-corrected chi connectivity index (χ3v) is 2.99. The number of hydrogen-bond acceptors (Lipinski definition) is 4. The molecule has 0 heterocycles. The molecular weight excluding hydrogens is 278 g/mol. The van der Waals surface area contributed by atoms with Gasteiger partial charge in [-0.3, -0.25) is 0 Å². The van der Waals surface area contributed by atoms with E-state index in [4.69, 9.17) is 21.5 Å². The Labute approximate surface area is 121 Å². The molecule has 2 rings (SSSR count). The van der Waals surface area contributed by atoms with Crippen LogP contribution in [0.3, 0.4) is 0 Å². The molecular formula is C15H14ClNO3. The van der Waals surface area contributed by atoms with Gasteiger partial charge >= 0.3 is 5.43 Å². The van der Waals surface area contributed by atoms with Crippen molar-refractivity contribution < 1.29 is 14.7 Å². The quantitative estimate of drug-likeness (QED) is 0.651. The summed E-state index contributed by atoms with van der Waals surface area (Å²) in [6.45, 7) is 0.590. The molecule has 0 atom stereocenters. The Morgan fingerprint density at radius 2 is 1.50 bits per heavy atom. The van der Waals surface area contributed by atoms with Crippen LogP contribution in [0.5, 0.6) is 0 Å². The van der Waals surface area contributed by atoms with Gasteiger partial charge in [0.05, 0.1) is 0 Å². The van der Waals surface area contributed by atoms with Crippen molar-refractivity contribution in [1.82, 2.24) is 5.48 Å². The highest BCUT2D eigenvalue weighted by Crippen LogP contribution is 2.20. The highest BCUT2D eigenvalue weighted by molar-refractivity contribution is 6.61. The van der Waals surface area contributed by atoms with E-state index in [9.17, 15) is 4.79 Å². The van der Waals surface area contributed by atoms with E-state index in [1.807, 2.05) is 48.5 Å². The molecule has 5 heteroatoms. The van der Waals surface area contributed by atoms with Crippen molar-refractivity contribution in [2.45, 2.75) is 13.2 Å². The average molecular weight is 292 g/mol. The molecule has 4 nitrogen and oxygen atoms in total. The van der Waals surface area contributed by atoms with Gasteiger partial charge in [0.15, 0.2) is 0 Å². The minimum Gasteiger partial charge on any atom is -0.449 e. The Morgan fingerprint density at radius 3 is 1.95 bits per heavy atom. The molecule has 2 aromatic rings. The van der Waals surface area contributed by atoms with Crippen LogP contribution >= 0.6 is 11.6 Å². The minimum atomic E-state index is -0.804. The monoisotopic (exact) mass is 291 g/mol. The maximum Gasteiger partial charge on any atom is 0.404 e. The molecule has 0 amide bonds. The van der Waals surface area contributed by atoms with E-state index < -0.39 is 5.43 Å². The van der Waals surface area contributed by atoms with Crippen molar-refractivity contribution in [2.75, 3.05) is 0 Å². The van der Waals surface area contributed by atoms with Gasteiger partial charge in [-0.25, -0.2) is 10.3 Å². The summed E-state index contributed by atoms with van der Waals surface area (Å²) < 4.78 is 4.71. The van der Waals surface area contributed by atoms with Crippen LogP contribution in [0, 0.1) is 0 Å². The summed E-state index contributed by atoms with van der Waals surface area (Å²) in [5.74, 6) is 0. The Kier molecular flexibility index (Phi) is 5.12. The molecule has 0 saturated heterocycles. The predicted molar refractivity (Wildman–Crippen MR) is 76.5 cm³/mol. The molecule has 0 spiro atoms. The fraction of sp³-hybridized carbons (Fsp3) is 0.133. The Morgan fingerprint density at radius 1 is 1.00 bits per heavy atom. The van der Waals surface area contributed by atoms with E-state index in [1.165, 1.54) is 0 Å². The molecule has 0 bridgehead atoms. The second-order valence-electron chi connectivity index (χ2n) is 4.26. The topological polar surface area (TPSA) is 58.6 Å². The van der Waals surface area contributed by atoms with Crippen molar-refractivity contribution in [1.29, 1.82) is 0 Å². The van der Waals surface area contributed by atoms with Gasteiger partial charge in [0.25, 0.3) is 0 Å². The molecule has 0 aliphatic carbocycles. The average Bonchev–Trinajstić information content (AvgIpc) is 2.47. The number of ether oxygens (including phenoxy) is 1. The lowest BCUT2D eigenvalue weighted by molar-refractivity contribution is 0.161. The summed E-state index contributed by atoms with van der Waals surface area (Å²) in [4.78, 5) is 10.5. The molecule has 20 heavy (non-hydrogen) atoms. The zero-order chi connectivity index (χ0) is 14.4. The van der Waals surface area contributed by atoms with Crippen LogP contribution in [0.2, 0.25) is 0 Å². The van der Waals surface area contributed by atoms with Gasteiger partial charge in [-0.15, -0.1) is 0 Å². The van der Waals surface area contributed by atoms with Crippen LogP contribution < -0.4 is 5.48 Å². The van der Waals surface area contributed by atoms with Crippen molar-refractivity contribution in [3.8, 4) is 11.1 Å². The van der Waals surface area contributed by atoms with Crippen molar-refractivity contribution >= 4 is 17.0 Å². The van der Waals surface area contributed by atoms with Crippen molar-refractivity contribution in [2.24, 2.45) is 0 Å². The van der Waals surface area contributed by atoms with Gasteiger partial charge in [0, 0.05) is 18.1 Å². The third kappa shape index (κ3) is 4.06. The van der Waals surface area contributed by atoms with Crippen LogP contribution in [0.4, 0.5) is 4.79 Å². The number of carbonyl (C=O) groups excluding carboxylic acids is 1. The number of hydrogen-bond donors (Lipinski definition) is 2. The molecule has 0 aliphatic rings. The smallest absolute Gasteiger partial charge is 0.404 e. The summed E-state index contributed by atoms with van der Waals surface area (Å²) in [5.41, 5.74) is 5.34. The van der Waals surface area contributed by atoms with E-state index >= 15 is 0 Å². The fourth-order valence-electron chi connectivity index (χ4n) is 1.84. The first-order valence-electron chi connectivity index (χ1n) is 6.06. The second-order valence-corrected chi connectivity index (χ2v) is 4.56. The molecule has 104 valence electrons. The van der Waals surface area contributed by atoms with Crippen LogP contribution in [0.1, 0.15) is 11.1 Å². The van der Waals surface area contributed by atoms with Crippen LogP contribution in [-0.4, -0.2) is 10.6 Å². The molecule has 0 saturated carbocycles. The number of benzene rings is 2. The summed E-state index contributed by atoms with van der Waals surface area (Å²) >= 11 is 5.11. The van der Waals surface area contributed by atoms with E-state index in [0.29, 0.717) is 6.54 Å². The molecule has 2 aromatic carbocycles. The van der Waals surface area contributed by atoms with Gasteiger partial charge < -0.3 is 9.94 Å². The van der Waals surface area contributed by atoms with E-state index in [-0.39, 0.29) is 6.61 Å². The number of rotatable bonds is 5. The number of carbonyl (C=O) groups is 1. The lowest BCUT2D eigenvalue weighted by Crippen LogP contribution is -2.05. The third-order valence-electron chi connectivity index (χ3n) is 2.88. The van der Waals surface area contributed by atoms with E-state index in [2.05, 4.69) is 5.48 Å². The normalized spacial score (nSPS) is 10.3. The summed E-state index contributed by atoms with van der Waals surface area (Å²) in [7, 11) is 0. The molecule has 0 aromatic heterocycles. The minimum absolute atomic E-state index is 0.170. The van der Waals surface area contributed by atoms with Gasteiger partial charge in [-0.05, 0) is 22.3 Å². The predicted octanol–water partition coefficient (Wildman–Crippen LogP) is 3.71. The standard InChI is InChI=1S/C15H14ClNO3/c16-15(18)20-10-12-3-7-14(8-4-12)13-5-1-11(2-6-13)9-17-19/h1-8,17,19H,9-10H2. The highest BCUT2D eigenvalue weighted by atomic mass is 35.5. The van der Waals surface area contributed by atoms with Crippen LogP contribution in [0.15, 0.2) is 48.5 Å². The molecule has 0 aliphatic heterocycles.